The van der Waals surface area contributed by atoms with Crippen molar-refractivity contribution in [3.8, 4) is 5.75 Å². The average molecular weight is 420 g/mol. The Kier molecular flexibility index (Phi) is 6.50. The number of amides is 2. The first kappa shape index (κ1) is 20.9. The Hall–Kier alpha value is -3.35. The van der Waals surface area contributed by atoms with E-state index in [-0.39, 0.29) is 6.03 Å². The van der Waals surface area contributed by atoms with Gasteiger partial charge in [-0.05, 0) is 56.5 Å². The largest absolute Gasteiger partial charge is 0.492 e. The summed E-state index contributed by atoms with van der Waals surface area (Å²) in [5.74, 6) is 2.47. The van der Waals surface area contributed by atoms with Gasteiger partial charge in [-0.2, -0.15) is 0 Å². The van der Waals surface area contributed by atoms with Crippen LogP contribution in [-0.4, -0.2) is 27.4 Å². The van der Waals surface area contributed by atoms with Gasteiger partial charge in [0.05, 0.1) is 18.8 Å². The van der Waals surface area contributed by atoms with Gasteiger partial charge in [0, 0.05) is 18.7 Å². The monoisotopic (exact) mass is 419 g/mol. The summed E-state index contributed by atoms with van der Waals surface area (Å²) in [7, 11) is 0. The summed E-state index contributed by atoms with van der Waals surface area (Å²) in [5, 5.41) is 11.9. The summed E-state index contributed by atoms with van der Waals surface area (Å²) >= 11 is 0. The van der Waals surface area contributed by atoms with Gasteiger partial charge in [0.25, 0.3) is 0 Å². The molecule has 0 atom stereocenters. The average Bonchev–Trinajstić information content (AvgIpc) is 2.98. The molecule has 0 radical (unpaired) electrons. The van der Waals surface area contributed by atoms with Crippen molar-refractivity contribution < 1.29 is 9.53 Å². The van der Waals surface area contributed by atoms with Crippen LogP contribution in [0.3, 0.4) is 0 Å². The fourth-order valence-electron chi connectivity index (χ4n) is 3.94. The van der Waals surface area contributed by atoms with E-state index in [2.05, 4.69) is 20.1 Å². The Labute approximate surface area is 183 Å². The minimum atomic E-state index is -0.233. The van der Waals surface area contributed by atoms with Crippen molar-refractivity contribution in [1.82, 2.24) is 14.8 Å². The van der Waals surface area contributed by atoms with Gasteiger partial charge in [-0.15, -0.1) is 10.2 Å². The van der Waals surface area contributed by atoms with Crippen LogP contribution >= 0.6 is 0 Å². The number of carbonyl (C=O) groups excluding carboxylic acids is 1. The lowest BCUT2D eigenvalue weighted by molar-refractivity contribution is 0.256. The molecule has 162 valence electrons. The van der Waals surface area contributed by atoms with Crippen LogP contribution in [-0.2, 0) is 19.5 Å². The van der Waals surface area contributed by atoms with Gasteiger partial charge in [-0.3, -0.25) is 4.90 Å². The van der Waals surface area contributed by atoms with Crippen LogP contribution in [0.5, 0.6) is 5.75 Å². The molecule has 1 aliphatic heterocycles. The molecule has 1 N–H and O–H groups in total. The van der Waals surface area contributed by atoms with Crippen molar-refractivity contribution >= 4 is 17.4 Å². The SMILES string of the molecule is CCOc1ccccc1N(Cc1nnc2n1CCCCC2)C(=O)Nc1cccc(C)c1. The molecular formula is C24H29N5O2. The van der Waals surface area contributed by atoms with E-state index in [1.54, 1.807) is 4.90 Å². The highest BCUT2D eigenvalue weighted by molar-refractivity contribution is 6.02. The summed E-state index contributed by atoms with van der Waals surface area (Å²) in [4.78, 5) is 15.1. The van der Waals surface area contributed by atoms with Crippen molar-refractivity contribution in [2.45, 2.75) is 52.6 Å². The summed E-state index contributed by atoms with van der Waals surface area (Å²) in [6.45, 7) is 5.66. The standard InChI is InChI=1S/C24H29N5O2/c1-3-31-21-13-7-6-12-20(21)29(24(30)25-19-11-9-10-18(2)16-19)17-23-27-26-22-14-5-4-8-15-28(22)23/h6-7,9-13,16H,3-5,8,14-15,17H2,1-2H3,(H,25,30). The zero-order valence-corrected chi connectivity index (χ0v) is 18.2. The van der Waals surface area contributed by atoms with Crippen molar-refractivity contribution in [3.63, 3.8) is 0 Å². The molecule has 2 amide bonds. The number of fused-ring (bicyclic) bond motifs is 1. The molecule has 0 bridgehead atoms. The molecule has 2 heterocycles. The number of nitrogens with zero attached hydrogens (tertiary/aromatic N) is 4. The maximum absolute atomic E-state index is 13.4. The fraction of sp³-hybridized carbons (Fsp3) is 0.375. The van der Waals surface area contributed by atoms with Crippen molar-refractivity contribution in [3.05, 3.63) is 65.7 Å². The number of rotatable bonds is 6. The molecule has 0 unspecified atom stereocenters. The number of carbonyl (C=O) groups is 1. The van der Waals surface area contributed by atoms with Crippen LogP contribution < -0.4 is 15.0 Å². The maximum Gasteiger partial charge on any atom is 0.326 e. The topological polar surface area (TPSA) is 72.3 Å². The third kappa shape index (κ3) is 4.87. The molecule has 2 aromatic carbocycles. The van der Waals surface area contributed by atoms with Crippen LogP contribution in [0.15, 0.2) is 48.5 Å². The molecule has 0 aliphatic carbocycles. The number of anilines is 2. The summed E-state index contributed by atoms with van der Waals surface area (Å²) in [6.07, 6.45) is 4.34. The highest BCUT2D eigenvalue weighted by Crippen LogP contribution is 2.30. The molecule has 1 aliphatic rings. The number of hydrogen-bond donors (Lipinski definition) is 1. The number of ether oxygens (including phenoxy) is 1. The Morgan fingerprint density at radius 1 is 1.13 bits per heavy atom. The molecule has 1 aromatic heterocycles. The second-order valence-corrected chi connectivity index (χ2v) is 7.78. The van der Waals surface area contributed by atoms with E-state index >= 15 is 0 Å². The Bertz CT molecular complexity index is 1050. The van der Waals surface area contributed by atoms with E-state index in [9.17, 15) is 4.79 Å². The number of hydrogen-bond acceptors (Lipinski definition) is 4. The summed E-state index contributed by atoms with van der Waals surface area (Å²) in [6, 6.07) is 15.2. The van der Waals surface area contributed by atoms with Gasteiger partial charge in [0.1, 0.15) is 11.6 Å². The number of benzene rings is 2. The Morgan fingerprint density at radius 2 is 2.00 bits per heavy atom. The lowest BCUT2D eigenvalue weighted by Gasteiger charge is -2.25. The van der Waals surface area contributed by atoms with Gasteiger partial charge in [-0.25, -0.2) is 4.79 Å². The highest BCUT2D eigenvalue weighted by atomic mass is 16.5. The second kappa shape index (κ2) is 9.64. The molecule has 4 rings (SSSR count). The maximum atomic E-state index is 13.4. The van der Waals surface area contributed by atoms with Gasteiger partial charge in [-0.1, -0.05) is 30.7 Å². The number of nitrogens with one attached hydrogen (secondary N) is 1. The predicted molar refractivity (Wildman–Crippen MR) is 122 cm³/mol. The summed E-state index contributed by atoms with van der Waals surface area (Å²) in [5.41, 5.74) is 2.55. The Balaban J connectivity index is 1.68. The number of para-hydroxylation sites is 2. The van der Waals surface area contributed by atoms with Gasteiger partial charge in [0.2, 0.25) is 0 Å². The summed E-state index contributed by atoms with van der Waals surface area (Å²) < 4.78 is 7.99. The van der Waals surface area contributed by atoms with Crippen molar-refractivity contribution in [2.75, 3.05) is 16.8 Å². The molecule has 7 nitrogen and oxygen atoms in total. The van der Waals surface area contributed by atoms with Crippen molar-refractivity contribution in [1.29, 1.82) is 0 Å². The van der Waals surface area contributed by atoms with Gasteiger partial charge >= 0.3 is 6.03 Å². The first-order valence-corrected chi connectivity index (χ1v) is 10.9. The molecule has 3 aromatic rings. The third-order valence-electron chi connectivity index (χ3n) is 5.46. The smallest absolute Gasteiger partial charge is 0.326 e. The Morgan fingerprint density at radius 3 is 2.84 bits per heavy atom. The number of urea groups is 1. The molecular weight excluding hydrogens is 390 g/mol. The van der Waals surface area contributed by atoms with E-state index in [0.29, 0.717) is 24.6 Å². The molecule has 7 heteroatoms. The van der Waals surface area contributed by atoms with Gasteiger partial charge < -0.3 is 14.6 Å². The first-order chi connectivity index (χ1) is 15.2. The molecule has 31 heavy (non-hydrogen) atoms. The van der Waals surface area contributed by atoms with E-state index in [4.69, 9.17) is 4.74 Å². The molecule has 0 saturated carbocycles. The van der Waals surface area contributed by atoms with E-state index in [0.717, 1.165) is 48.7 Å². The lowest BCUT2D eigenvalue weighted by Crippen LogP contribution is -2.36. The molecule has 0 spiro atoms. The van der Waals surface area contributed by atoms with Crippen LogP contribution in [0.4, 0.5) is 16.2 Å². The van der Waals surface area contributed by atoms with Gasteiger partial charge in [0.15, 0.2) is 5.82 Å². The van der Waals surface area contributed by atoms with E-state index < -0.39 is 0 Å². The van der Waals surface area contributed by atoms with Crippen LogP contribution in [0.25, 0.3) is 0 Å². The minimum Gasteiger partial charge on any atom is -0.492 e. The quantitative estimate of drug-likeness (QED) is 0.614. The van der Waals surface area contributed by atoms with Crippen LogP contribution in [0.1, 0.15) is 43.4 Å². The lowest BCUT2D eigenvalue weighted by atomic mass is 10.2. The zero-order chi connectivity index (χ0) is 21.6. The molecule has 0 saturated heterocycles. The first-order valence-electron chi connectivity index (χ1n) is 10.9. The normalized spacial score (nSPS) is 13.2. The minimum absolute atomic E-state index is 0.233. The zero-order valence-electron chi connectivity index (χ0n) is 18.2. The van der Waals surface area contributed by atoms with Crippen LogP contribution in [0.2, 0.25) is 0 Å². The number of aryl methyl sites for hydroxylation is 2. The van der Waals surface area contributed by atoms with Crippen molar-refractivity contribution in [2.24, 2.45) is 0 Å². The highest BCUT2D eigenvalue weighted by Gasteiger charge is 2.24. The number of aromatic nitrogens is 3. The fourth-order valence-corrected chi connectivity index (χ4v) is 3.94. The van der Waals surface area contributed by atoms with E-state index in [1.165, 1.54) is 6.42 Å². The molecule has 0 fully saturated rings. The van der Waals surface area contributed by atoms with E-state index in [1.807, 2.05) is 62.4 Å². The predicted octanol–water partition coefficient (Wildman–Crippen LogP) is 4.95. The third-order valence-corrected chi connectivity index (χ3v) is 5.46. The van der Waals surface area contributed by atoms with Crippen LogP contribution in [0, 0.1) is 6.92 Å². The second-order valence-electron chi connectivity index (χ2n) is 7.78.